The van der Waals surface area contributed by atoms with E-state index in [-0.39, 0.29) is 18.3 Å². The zero-order valence-electron chi connectivity index (χ0n) is 13.1. The Balaban J connectivity index is 1.61. The molecular formula is C18H10NO5S2-. The van der Waals surface area contributed by atoms with Crippen LogP contribution in [0.2, 0.25) is 0 Å². The number of carboxylic acids is 1. The molecule has 4 rings (SSSR count). The van der Waals surface area contributed by atoms with Crippen LogP contribution in [0, 0.1) is 0 Å². The van der Waals surface area contributed by atoms with Crippen LogP contribution in [0.3, 0.4) is 0 Å². The topological polar surface area (TPSA) is 78.9 Å². The maximum absolute atomic E-state index is 12.7. The highest BCUT2D eigenvalue weighted by Crippen LogP contribution is 2.38. The number of carboxylic acid groups (broad SMARTS) is 1. The van der Waals surface area contributed by atoms with Crippen LogP contribution >= 0.6 is 24.0 Å². The standard InChI is InChI=1S/C18H11NO5S2/c20-16-15(8-10-1-6-13-14(7-10)24-9-23-13)26-18(25)19(16)12-4-2-11(3-5-12)17(21)22/h1-8H,9H2,(H,21,22)/p-1/b15-8-. The number of fused-ring (bicyclic) bond motifs is 1. The molecular weight excluding hydrogens is 374 g/mol. The number of benzene rings is 2. The molecule has 2 aliphatic rings. The molecule has 6 nitrogen and oxygen atoms in total. The lowest BCUT2D eigenvalue weighted by Gasteiger charge is -2.15. The Morgan fingerprint density at radius 3 is 2.62 bits per heavy atom. The minimum Gasteiger partial charge on any atom is -0.545 e. The average Bonchev–Trinajstić information content (AvgIpc) is 3.19. The first-order valence-corrected chi connectivity index (χ1v) is 8.74. The quantitative estimate of drug-likeness (QED) is 0.593. The second-order valence-electron chi connectivity index (χ2n) is 5.46. The molecule has 0 bridgehead atoms. The van der Waals surface area contributed by atoms with Crippen LogP contribution in [0.5, 0.6) is 11.5 Å². The van der Waals surface area contributed by atoms with Crippen molar-refractivity contribution in [3.63, 3.8) is 0 Å². The zero-order valence-corrected chi connectivity index (χ0v) is 14.8. The first-order valence-electron chi connectivity index (χ1n) is 7.52. The van der Waals surface area contributed by atoms with Gasteiger partial charge in [-0.15, -0.1) is 0 Å². The van der Waals surface area contributed by atoms with Crippen molar-refractivity contribution in [2.45, 2.75) is 0 Å². The van der Waals surface area contributed by atoms with Gasteiger partial charge in [0.1, 0.15) is 0 Å². The van der Waals surface area contributed by atoms with Gasteiger partial charge in [0.15, 0.2) is 15.8 Å². The third-order valence-electron chi connectivity index (χ3n) is 3.85. The van der Waals surface area contributed by atoms with Gasteiger partial charge in [0.2, 0.25) is 6.79 Å². The second-order valence-corrected chi connectivity index (χ2v) is 7.14. The van der Waals surface area contributed by atoms with Crippen LogP contribution in [0.25, 0.3) is 6.08 Å². The van der Waals surface area contributed by atoms with Crippen LogP contribution in [-0.2, 0) is 4.79 Å². The van der Waals surface area contributed by atoms with E-state index in [1.807, 2.05) is 6.07 Å². The fourth-order valence-corrected chi connectivity index (χ4v) is 3.89. The van der Waals surface area contributed by atoms with Crippen molar-refractivity contribution in [3.05, 3.63) is 58.5 Å². The van der Waals surface area contributed by atoms with E-state index in [9.17, 15) is 14.7 Å². The van der Waals surface area contributed by atoms with Crippen LogP contribution in [-0.4, -0.2) is 23.0 Å². The molecule has 0 saturated carbocycles. The van der Waals surface area contributed by atoms with E-state index in [0.29, 0.717) is 26.4 Å². The third-order valence-corrected chi connectivity index (χ3v) is 5.15. The molecule has 0 aliphatic carbocycles. The third kappa shape index (κ3) is 2.93. The molecule has 130 valence electrons. The van der Waals surface area contributed by atoms with Gasteiger partial charge in [0.05, 0.1) is 16.6 Å². The van der Waals surface area contributed by atoms with E-state index >= 15 is 0 Å². The van der Waals surface area contributed by atoms with Gasteiger partial charge in [0, 0.05) is 0 Å². The van der Waals surface area contributed by atoms with E-state index in [0.717, 1.165) is 5.56 Å². The largest absolute Gasteiger partial charge is 0.545 e. The van der Waals surface area contributed by atoms with E-state index in [1.165, 1.54) is 40.9 Å². The molecule has 8 heteroatoms. The fourth-order valence-electron chi connectivity index (χ4n) is 2.59. The molecule has 0 spiro atoms. The number of hydrogen-bond acceptors (Lipinski definition) is 7. The summed E-state index contributed by atoms with van der Waals surface area (Å²) in [5.41, 5.74) is 1.34. The van der Waals surface area contributed by atoms with Gasteiger partial charge in [-0.1, -0.05) is 42.2 Å². The lowest BCUT2D eigenvalue weighted by Crippen LogP contribution is -2.28. The summed E-state index contributed by atoms with van der Waals surface area (Å²) >= 11 is 6.49. The molecule has 1 fully saturated rings. The Morgan fingerprint density at radius 2 is 1.88 bits per heavy atom. The first-order chi connectivity index (χ1) is 12.5. The van der Waals surface area contributed by atoms with E-state index in [1.54, 1.807) is 18.2 Å². The lowest BCUT2D eigenvalue weighted by atomic mass is 10.1. The van der Waals surface area contributed by atoms with Crippen LogP contribution in [0.1, 0.15) is 15.9 Å². The predicted molar refractivity (Wildman–Crippen MR) is 99.0 cm³/mol. The van der Waals surface area contributed by atoms with E-state index < -0.39 is 5.97 Å². The normalized spacial score (nSPS) is 17.2. The summed E-state index contributed by atoms with van der Waals surface area (Å²) in [6, 6.07) is 11.2. The summed E-state index contributed by atoms with van der Waals surface area (Å²) in [5.74, 6) is -0.238. The molecule has 0 atom stereocenters. The molecule has 26 heavy (non-hydrogen) atoms. The minimum atomic E-state index is -1.27. The van der Waals surface area contributed by atoms with Crippen LogP contribution in [0.4, 0.5) is 5.69 Å². The number of rotatable bonds is 3. The van der Waals surface area contributed by atoms with Crippen LogP contribution < -0.4 is 19.5 Å². The molecule has 2 aromatic rings. The number of aromatic carboxylic acids is 1. The molecule has 0 aromatic heterocycles. The minimum absolute atomic E-state index is 0.0371. The molecule has 1 amide bonds. The molecule has 0 radical (unpaired) electrons. The molecule has 0 unspecified atom stereocenters. The van der Waals surface area contributed by atoms with Crippen LogP contribution in [0.15, 0.2) is 47.4 Å². The molecule has 1 saturated heterocycles. The molecule has 2 aromatic carbocycles. The van der Waals surface area contributed by atoms with Crippen molar-refractivity contribution in [1.29, 1.82) is 0 Å². The summed E-state index contributed by atoms with van der Waals surface area (Å²) in [4.78, 5) is 25.4. The monoisotopic (exact) mass is 384 g/mol. The highest BCUT2D eigenvalue weighted by Gasteiger charge is 2.33. The van der Waals surface area contributed by atoms with Crippen molar-refractivity contribution in [2.75, 3.05) is 11.7 Å². The fraction of sp³-hybridized carbons (Fsp3) is 0.0556. The number of carbonyl (C=O) groups excluding carboxylic acids is 2. The van der Waals surface area contributed by atoms with Gasteiger partial charge in [0.25, 0.3) is 5.91 Å². The Morgan fingerprint density at radius 1 is 1.15 bits per heavy atom. The Labute approximate surface area is 158 Å². The SMILES string of the molecule is O=C([O-])c1ccc(N2C(=O)/C(=C/c3ccc4c(c3)OCO4)SC2=S)cc1. The predicted octanol–water partition coefficient (Wildman–Crippen LogP) is 2.18. The highest BCUT2D eigenvalue weighted by molar-refractivity contribution is 8.27. The van der Waals surface area contributed by atoms with Crippen molar-refractivity contribution in [2.24, 2.45) is 0 Å². The maximum atomic E-state index is 12.7. The zero-order chi connectivity index (χ0) is 18.3. The number of anilines is 1. The van der Waals surface area contributed by atoms with Gasteiger partial charge < -0.3 is 19.4 Å². The van der Waals surface area contributed by atoms with Gasteiger partial charge >= 0.3 is 0 Å². The molecule has 2 heterocycles. The van der Waals surface area contributed by atoms with Gasteiger partial charge in [-0.2, -0.15) is 0 Å². The van der Waals surface area contributed by atoms with E-state index in [4.69, 9.17) is 21.7 Å². The molecule has 0 N–H and O–H groups in total. The van der Waals surface area contributed by atoms with Gasteiger partial charge in [-0.3, -0.25) is 9.69 Å². The Bertz CT molecular complexity index is 968. The van der Waals surface area contributed by atoms with Crippen molar-refractivity contribution >= 4 is 51.9 Å². The summed E-state index contributed by atoms with van der Waals surface area (Å²) in [6.07, 6.45) is 1.73. The number of nitrogens with zero attached hydrogens (tertiary/aromatic N) is 1. The average molecular weight is 384 g/mol. The Kier molecular flexibility index (Phi) is 4.14. The number of carbonyl (C=O) groups is 2. The lowest BCUT2D eigenvalue weighted by molar-refractivity contribution is -0.255. The summed E-state index contributed by atoms with van der Waals surface area (Å²) in [5, 5.41) is 10.8. The second kappa shape index (κ2) is 6.47. The first kappa shape index (κ1) is 16.6. The number of amides is 1. The van der Waals surface area contributed by atoms with Gasteiger partial charge in [-0.05, 0) is 41.5 Å². The molecule has 2 aliphatic heterocycles. The number of thioether (sulfide) groups is 1. The summed E-state index contributed by atoms with van der Waals surface area (Å²) in [7, 11) is 0. The van der Waals surface area contributed by atoms with Gasteiger partial charge in [-0.25, -0.2) is 0 Å². The number of hydrogen-bond donors (Lipinski definition) is 0. The number of ether oxygens (including phenoxy) is 2. The van der Waals surface area contributed by atoms with E-state index in [2.05, 4.69) is 0 Å². The summed E-state index contributed by atoms with van der Waals surface area (Å²) in [6.45, 7) is 0.183. The van der Waals surface area contributed by atoms with Crippen molar-refractivity contribution < 1.29 is 24.2 Å². The highest BCUT2D eigenvalue weighted by atomic mass is 32.2. The number of thiocarbonyl (C=S) groups is 1. The van der Waals surface area contributed by atoms with Crippen molar-refractivity contribution in [3.8, 4) is 11.5 Å². The maximum Gasteiger partial charge on any atom is 0.270 e. The Hall–Kier alpha value is -2.84. The summed E-state index contributed by atoms with van der Waals surface area (Å²) < 4.78 is 11.0. The van der Waals surface area contributed by atoms with Crippen molar-refractivity contribution in [1.82, 2.24) is 0 Å². The smallest absolute Gasteiger partial charge is 0.270 e.